The molecule has 3 N–H and O–H groups in total. The average Bonchev–Trinajstić information content (AvgIpc) is 2.46. The minimum atomic E-state index is -0.400. The third kappa shape index (κ3) is 6.68. The molecule has 1 amide bonds. The Balaban J connectivity index is 2.17. The number of carbonyl (C=O) groups is 1. The number of nitrogens with zero attached hydrogens (tertiary/aromatic N) is 1. The molecule has 1 fully saturated rings. The van der Waals surface area contributed by atoms with Crippen LogP contribution in [0.3, 0.4) is 0 Å². The zero-order valence-electron chi connectivity index (χ0n) is 13.1. The third-order valence-electron chi connectivity index (χ3n) is 3.96. The van der Waals surface area contributed by atoms with Crippen molar-refractivity contribution in [2.24, 2.45) is 5.73 Å². The summed E-state index contributed by atoms with van der Waals surface area (Å²) in [7, 11) is 1.66. The molecule has 0 aromatic carbocycles. The van der Waals surface area contributed by atoms with Gasteiger partial charge in [0.25, 0.3) is 0 Å². The lowest BCUT2D eigenvalue weighted by molar-refractivity contribution is -0.123. The molecule has 0 saturated carbocycles. The molecule has 5 heteroatoms. The lowest BCUT2D eigenvalue weighted by Gasteiger charge is -2.32. The van der Waals surface area contributed by atoms with Crippen LogP contribution < -0.4 is 11.1 Å². The van der Waals surface area contributed by atoms with E-state index in [0.717, 1.165) is 32.4 Å². The number of amides is 1. The molecule has 1 aliphatic heterocycles. The van der Waals surface area contributed by atoms with Crippen LogP contribution >= 0.6 is 0 Å². The summed E-state index contributed by atoms with van der Waals surface area (Å²) in [5.74, 6) is -0.00638. The van der Waals surface area contributed by atoms with E-state index in [1.165, 1.54) is 19.4 Å². The Morgan fingerprint density at radius 3 is 2.70 bits per heavy atom. The van der Waals surface area contributed by atoms with E-state index in [1.807, 2.05) is 0 Å². The number of methoxy groups -OCH3 is 1. The van der Waals surface area contributed by atoms with Crippen molar-refractivity contribution >= 4 is 5.91 Å². The second kappa shape index (κ2) is 10.1. The molecule has 20 heavy (non-hydrogen) atoms. The first-order valence-electron chi connectivity index (χ1n) is 7.94. The maximum Gasteiger partial charge on any atom is 0.237 e. The van der Waals surface area contributed by atoms with Crippen LogP contribution in [0.15, 0.2) is 0 Å². The Kier molecular flexibility index (Phi) is 8.82. The summed E-state index contributed by atoms with van der Waals surface area (Å²) in [5.41, 5.74) is 5.89. The highest BCUT2D eigenvalue weighted by molar-refractivity contribution is 5.81. The van der Waals surface area contributed by atoms with Crippen molar-refractivity contribution in [3.05, 3.63) is 0 Å². The Morgan fingerprint density at radius 1 is 1.40 bits per heavy atom. The molecule has 1 rings (SSSR count). The monoisotopic (exact) mass is 285 g/mol. The molecular weight excluding hydrogens is 254 g/mol. The Labute approximate surface area is 123 Å². The Hall–Kier alpha value is -0.650. The molecule has 0 aliphatic carbocycles. The number of nitrogens with two attached hydrogens (primary N) is 1. The number of nitrogens with one attached hydrogen (secondary N) is 1. The van der Waals surface area contributed by atoms with Gasteiger partial charge in [-0.1, -0.05) is 13.3 Å². The van der Waals surface area contributed by atoms with Crippen LogP contribution in [0.4, 0.5) is 0 Å². The predicted molar refractivity (Wildman–Crippen MR) is 81.6 cm³/mol. The van der Waals surface area contributed by atoms with Crippen molar-refractivity contribution in [3.8, 4) is 0 Å². The van der Waals surface area contributed by atoms with E-state index in [0.29, 0.717) is 19.1 Å². The van der Waals surface area contributed by atoms with Crippen LogP contribution in [0.1, 0.15) is 45.4 Å². The van der Waals surface area contributed by atoms with Gasteiger partial charge in [-0.3, -0.25) is 4.79 Å². The predicted octanol–water partition coefficient (Wildman–Crippen LogP) is 1.12. The van der Waals surface area contributed by atoms with E-state index in [1.54, 1.807) is 7.11 Å². The van der Waals surface area contributed by atoms with Crippen molar-refractivity contribution in [1.82, 2.24) is 10.2 Å². The number of carbonyl (C=O) groups excluding carboxylic acids is 1. The summed E-state index contributed by atoms with van der Waals surface area (Å²) >= 11 is 0. The molecule has 0 bridgehead atoms. The molecular formula is C15H31N3O2. The van der Waals surface area contributed by atoms with E-state index in [2.05, 4.69) is 17.1 Å². The fourth-order valence-corrected chi connectivity index (χ4v) is 2.57. The fraction of sp³-hybridized carbons (Fsp3) is 0.933. The van der Waals surface area contributed by atoms with Crippen molar-refractivity contribution in [3.63, 3.8) is 0 Å². The van der Waals surface area contributed by atoms with Crippen LogP contribution in [0.25, 0.3) is 0 Å². The Morgan fingerprint density at radius 2 is 2.10 bits per heavy atom. The van der Waals surface area contributed by atoms with Gasteiger partial charge >= 0.3 is 0 Å². The van der Waals surface area contributed by atoms with Gasteiger partial charge in [0.2, 0.25) is 5.91 Å². The second-order valence-electron chi connectivity index (χ2n) is 5.72. The van der Waals surface area contributed by atoms with Gasteiger partial charge in [0.05, 0.1) is 6.04 Å². The maximum atomic E-state index is 12.0. The van der Waals surface area contributed by atoms with Gasteiger partial charge in [-0.05, 0) is 38.6 Å². The average molecular weight is 285 g/mol. The number of ether oxygens (including phenoxy) is 1. The highest BCUT2D eigenvalue weighted by atomic mass is 16.5. The Bertz CT molecular complexity index is 266. The molecule has 0 aromatic rings. The zero-order chi connectivity index (χ0) is 14.8. The van der Waals surface area contributed by atoms with Crippen molar-refractivity contribution in [1.29, 1.82) is 0 Å². The van der Waals surface area contributed by atoms with Gasteiger partial charge in [-0.2, -0.15) is 0 Å². The molecule has 1 saturated heterocycles. The number of hydrogen-bond acceptors (Lipinski definition) is 4. The first-order valence-corrected chi connectivity index (χ1v) is 7.94. The van der Waals surface area contributed by atoms with Crippen LogP contribution in [-0.2, 0) is 9.53 Å². The van der Waals surface area contributed by atoms with E-state index >= 15 is 0 Å². The molecule has 0 spiro atoms. The van der Waals surface area contributed by atoms with E-state index < -0.39 is 6.04 Å². The van der Waals surface area contributed by atoms with E-state index in [-0.39, 0.29) is 5.91 Å². The van der Waals surface area contributed by atoms with Gasteiger partial charge in [0.1, 0.15) is 0 Å². The highest BCUT2D eigenvalue weighted by Gasteiger charge is 2.22. The first-order chi connectivity index (χ1) is 9.67. The maximum absolute atomic E-state index is 12.0. The van der Waals surface area contributed by atoms with Crippen LogP contribution in [-0.4, -0.2) is 56.2 Å². The minimum Gasteiger partial charge on any atom is -0.385 e. The zero-order valence-corrected chi connectivity index (χ0v) is 13.1. The second-order valence-corrected chi connectivity index (χ2v) is 5.72. The third-order valence-corrected chi connectivity index (χ3v) is 3.96. The van der Waals surface area contributed by atoms with Crippen LogP contribution in [0.5, 0.6) is 0 Å². The summed E-state index contributed by atoms with van der Waals surface area (Å²) in [5, 5.41) is 3.09. The quantitative estimate of drug-likeness (QED) is 0.623. The molecule has 1 unspecified atom stereocenters. The van der Waals surface area contributed by atoms with Gasteiger partial charge < -0.3 is 20.7 Å². The van der Waals surface area contributed by atoms with E-state index in [4.69, 9.17) is 10.5 Å². The number of rotatable bonds is 9. The van der Waals surface area contributed by atoms with Crippen LogP contribution in [0.2, 0.25) is 0 Å². The largest absolute Gasteiger partial charge is 0.385 e. The molecule has 0 aromatic heterocycles. The number of hydrogen-bond donors (Lipinski definition) is 2. The lowest BCUT2D eigenvalue weighted by Crippen LogP contribution is -2.49. The van der Waals surface area contributed by atoms with E-state index in [9.17, 15) is 4.79 Å². The normalized spacial score (nSPS) is 18.9. The highest BCUT2D eigenvalue weighted by Crippen LogP contribution is 2.11. The number of piperidine rings is 1. The summed E-state index contributed by atoms with van der Waals surface area (Å²) in [6.45, 7) is 6.25. The van der Waals surface area contributed by atoms with Gasteiger partial charge in [-0.25, -0.2) is 0 Å². The molecule has 1 heterocycles. The minimum absolute atomic E-state index is 0.00638. The summed E-state index contributed by atoms with van der Waals surface area (Å²) < 4.78 is 4.97. The van der Waals surface area contributed by atoms with Crippen LogP contribution in [0, 0.1) is 0 Å². The molecule has 1 atom stereocenters. The fourth-order valence-electron chi connectivity index (χ4n) is 2.57. The summed E-state index contributed by atoms with van der Waals surface area (Å²) in [6, 6.07) is -0.0999. The SMILES string of the molecule is CCCCN1CCC(NC(=O)C(N)CCCOC)CC1. The standard InChI is InChI=1S/C15H31N3O2/c1-3-4-9-18-10-7-13(8-11-18)17-15(19)14(16)6-5-12-20-2/h13-14H,3-12,16H2,1-2H3,(H,17,19). The number of unbranched alkanes of at least 4 members (excludes halogenated alkanes) is 1. The molecule has 5 nitrogen and oxygen atoms in total. The number of likely N-dealkylation sites (tertiary alicyclic amines) is 1. The molecule has 118 valence electrons. The molecule has 0 radical (unpaired) electrons. The van der Waals surface area contributed by atoms with Crippen molar-refractivity contribution < 1.29 is 9.53 Å². The topological polar surface area (TPSA) is 67.6 Å². The van der Waals surface area contributed by atoms with Gasteiger partial charge in [0, 0.05) is 32.8 Å². The molecule has 1 aliphatic rings. The van der Waals surface area contributed by atoms with Gasteiger partial charge in [0.15, 0.2) is 0 Å². The lowest BCUT2D eigenvalue weighted by atomic mass is 10.0. The van der Waals surface area contributed by atoms with Crippen molar-refractivity contribution in [2.45, 2.75) is 57.5 Å². The first kappa shape index (κ1) is 17.4. The summed E-state index contributed by atoms with van der Waals surface area (Å²) in [4.78, 5) is 14.5. The van der Waals surface area contributed by atoms with Gasteiger partial charge in [-0.15, -0.1) is 0 Å². The smallest absolute Gasteiger partial charge is 0.237 e. The van der Waals surface area contributed by atoms with Crippen molar-refractivity contribution in [2.75, 3.05) is 33.4 Å². The summed E-state index contributed by atoms with van der Waals surface area (Å²) in [6.07, 6.45) is 6.12.